The van der Waals surface area contributed by atoms with Crippen LogP contribution >= 0.6 is 11.3 Å². The van der Waals surface area contributed by atoms with Crippen LogP contribution in [0.1, 0.15) is 15.6 Å². The second-order valence-electron chi connectivity index (χ2n) is 4.00. The van der Waals surface area contributed by atoms with E-state index in [9.17, 15) is 0 Å². The molecule has 1 aromatic heterocycles. The molecule has 1 fully saturated rings. The number of methoxy groups -OCH3 is 1. The topological polar surface area (TPSA) is 60.6 Å². The van der Waals surface area contributed by atoms with Gasteiger partial charge in [0, 0.05) is 31.6 Å². The number of hydrogen-bond acceptors (Lipinski definition) is 6. The molecule has 0 aromatic carbocycles. The van der Waals surface area contributed by atoms with Crippen LogP contribution in [0.15, 0.2) is 0 Å². The van der Waals surface area contributed by atoms with Crippen molar-refractivity contribution in [3.05, 3.63) is 15.6 Å². The van der Waals surface area contributed by atoms with Crippen molar-refractivity contribution >= 4 is 11.3 Å². The number of ether oxygens (including phenoxy) is 2. The minimum Gasteiger partial charge on any atom is -0.379 e. The Hall–Kier alpha value is -0.530. The molecule has 2 rings (SSSR count). The average molecular weight is 257 g/mol. The Morgan fingerprint density at radius 3 is 2.88 bits per heavy atom. The van der Waals surface area contributed by atoms with E-state index in [2.05, 4.69) is 9.88 Å². The van der Waals surface area contributed by atoms with Crippen LogP contribution in [0, 0.1) is 0 Å². The molecule has 0 radical (unpaired) electrons. The van der Waals surface area contributed by atoms with Crippen LogP contribution in [0.3, 0.4) is 0 Å². The summed E-state index contributed by atoms with van der Waals surface area (Å²) in [7, 11) is 1.68. The van der Waals surface area contributed by atoms with E-state index in [-0.39, 0.29) is 0 Å². The van der Waals surface area contributed by atoms with E-state index in [4.69, 9.17) is 15.2 Å². The van der Waals surface area contributed by atoms with Gasteiger partial charge in [0.2, 0.25) is 0 Å². The summed E-state index contributed by atoms with van der Waals surface area (Å²) in [4.78, 5) is 8.09. The molecule has 96 valence electrons. The van der Waals surface area contributed by atoms with Crippen LogP contribution in [0.2, 0.25) is 0 Å². The summed E-state index contributed by atoms with van der Waals surface area (Å²) in [6.07, 6.45) is 0. The van der Waals surface area contributed by atoms with Crippen LogP contribution in [0.4, 0.5) is 0 Å². The number of thiazole rings is 1. The Bertz CT molecular complexity index is 350. The van der Waals surface area contributed by atoms with Crippen molar-refractivity contribution in [3.8, 4) is 0 Å². The first-order valence-corrected chi connectivity index (χ1v) is 6.61. The Morgan fingerprint density at radius 2 is 2.24 bits per heavy atom. The molecule has 0 unspecified atom stereocenters. The van der Waals surface area contributed by atoms with Gasteiger partial charge in [0.25, 0.3) is 0 Å². The maximum atomic E-state index is 5.71. The summed E-state index contributed by atoms with van der Waals surface area (Å²) in [6, 6.07) is 0. The smallest absolute Gasteiger partial charge is 0.107 e. The summed E-state index contributed by atoms with van der Waals surface area (Å²) in [6.45, 7) is 5.59. The van der Waals surface area contributed by atoms with Crippen molar-refractivity contribution in [2.75, 3.05) is 33.4 Å². The molecule has 0 spiro atoms. The van der Waals surface area contributed by atoms with Crippen LogP contribution in [-0.2, 0) is 29.2 Å². The molecular formula is C11H19N3O2S. The maximum Gasteiger partial charge on any atom is 0.107 e. The van der Waals surface area contributed by atoms with Gasteiger partial charge in [-0.25, -0.2) is 4.98 Å². The molecule has 0 saturated carbocycles. The lowest BCUT2D eigenvalue weighted by molar-refractivity contribution is 0.0341. The first kappa shape index (κ1) is 12.9. The number of hydrogen-bond donors (Lipinski definition) is 1. The standard InChI is InChI=1S/C11H19N3O2S/c1-15-8-9-10(6-12)17-11(13-9)7-14-2-4-16-5-3-14/h2-8,12H2,1H3. The number of rotatable bonds is 5. The number of nitrogens with zero attached hydrogens (tertiary/aromatic N) is 2. The Labute approximate surface area is 106 Å². The summed E-state index contributed by atoms with van der Waals surface area (Å²) >= 11 is 1.69. The summed E-state index contributed by atoms with van der Waals surface area (Å²) in [5, 5.41) is 1.12. The zero-order valence-electron chi connectivity index (χ0n) is 10.1. The predicted molar refractivity (Wildman–Crippen MR) is 66.8 cm³/mol. The molecule has 5 nitrogen and oxygen atoms in total. The molecule has 1 aromatic rings. The molecule has 6 heteroatoms. The lowest BCUT2D eigenvalue weighted by Crippen LogP contribution is -2.35. The van der Waals surface area contributed by atoms with Crippen molar-refractivity contribution in [1.82, 2.24) is 9.88 Å². The first-order valence-electron chi connectivity index (χ1n) is 5.80. The molecular weight excluding hydrogens is 238 g/mol. The van der Waals surface area contributed by atoms with Gasteiger partial charge in [-0.2, -0.15) is 0 Å². The molecule has 17 heavy (non-hydrogen) atoms. The molecule has 1 saturated heterocycles. The van der Waals surface area contributed by atoms with Crippen LogP contribution in [0.5, 0.6) is 0 Å². The number of aromatic nitrogens is 1. The van der Waals surface area contributed by atoms with Crippen molar-refractivity contribution in [2.45, 2.75) is 19.7 Å². The van der Waals surface area contributed by atoms with Crippen molar-refractivity contribution in [2.24, 2.45) is 5.73 Å². The summed E-state index contributed by atoms with van der Waals surface area (Å²) < 4.78 is 10.5. The van der Waals surface area contributed by atoms with Crippen molar-refractivity contribution in [3.63, 3.8) is 0 Å². The van der Waals surface area contributed by atoms with Crippen LogP contribution in [-0.4, -0.2) is 43.3 Å². The van der Waals surface area contributed by atoms with Gasteiger partial charge < -0.3 is 15.2 Å². The highest BCUT2D eigenvalue weighted by atomic mass is 32.1. The maximum absolute atomic E-state index is 5.71. The van der Waals surface area contributed by atoms with Gasteiger partial charge in [0.05, 0.1) is 32.1 Å². The third-order valence-corrected chi connectivity index (χ3v) is 3.86. The molecule has 1 aliphatic heterocycles. The van der Waals surface area contributed by atoms with Gasteiger partial charge in [-0.05, 0) is 0 Å². The van der Waals surface area contributed by atoms with E-state index >= 15 is 0 Å². The third-order valence-electron chi connectivity index (χ3n) is 2.75. The second kappa shape index (κ2) is 6.42. The van der Waals surface area contributed by atoms with E-state index < -0.39 is 0 Å². The fourth-order valence-corrected chi connectivity index (χ4v) is 2.86. The van der Waals surface area contributed by atoms with Crippen LogP contribution < -0.4 is 5.73 Å². The monoisotopic (exact) mass is 257 g/mol. The molecule has 0 bridgehead atoms. The van der Waals surface area contributed by atoms with Gasteiger partial charge in [0.15, 0.2) is 0 Å². The van der Waals surface area contributed by atoms with Gasteiger partial charge >= 0.3 is 0 Å². The van der Waals surface area contributed by atoms with Gasteiger partial charge in [-0.1, -0.05) is 0 Å². The summed E-state index contributed by atoms with van der Waals surface area (Å²) in [5.74, 6) is 0. The second-order valence-corrected chi connectivity index (χ2v) is 5.17. The molecule has 2 heterocycles. The normalized spacial score (nSPS) is 17.5. The first-order chi connectivity index (χ1) is 8.33. The van der Waals surface area contributed by atoms with Crippen molar-refractivity contribution < 1.29 is 9.47 Å². The molecule has 0 atom stereocenters. The van der Waals surface area contributed by atoms with Gasteiger partial charge in [0.1, 0.15) is 5.01 Å². The predicted octanol–water partition coefficient (Wildman–Crippen LogP) is 0.580. The lowest BCUT2D eigenvalue weighted by atomic mass is 10.4. The fraction of sp³-hybridized carbons (Fsp3) is 0.727. The molecule has 0 amide bonds. The van der Waals surface area contributed by atoms with Gasteiger partial charge in [-0.15, -0.1) is 11.3 Å². The van der Waals surface area contributed by atoms with E-state index in [1.54, 1.807) is 18.4 Å². The van der Waals surface area contributed by atoms with E-state index in [1.807, 2.05) is 0 Å². The van der Waals surface area contributed by atoms with E-state index in [1.165, 1.54) is 0 Å². The van der Waals surface area contributed by atoms with E-state index in [0.717, 1.165) is 48.4 Å². The Kier molecular flexibility index (Phi) is 4.87. The molecule has 0 aliphatic carbocycles. The Balaban J connectivity index is 1.99. The van der Waals surface area contributed by atoms with Crippen LogP contribution in [0.25, 0.3) is 0 Å². The van der Waals surface area contributed by atoms with Gasteiger partial charge in [-0.3, -0.25) is 4.90 Å². The SMILES string of the molecule is COCc1nc(CN2CCOCC2)sc1CN. The highest BCUT2D eigenvalue weighted by Crippen LogP contribution is 2.20. The highest BCUT2D eigenvalue weighted by molar-refractivity contribution is 7.11. The number of nitrogens with two attached hydrogens (primary N) is 1. The molecule has 1 aliphatic rings. The molecule has 2 N–H and O–H groups in total. The minimum atomic E-state index is 0.541. The largest absolute Gasteiger partial charge is 0.379 e. The highest BCUT2D eigenvalue weighted by Gasteiger charge is 2.15. The van der Waals surface area contributed by atoms with Crippen molar-refractivity contribution in [1.29, 1.82) is 0 Å². The lowest BCUT2D eigenvalue weighted by Gasteiger charge is -2.25. The third kappa shape index (κ3) is 3.46. The Morgan fingerprint density at radius 1 is 1.47 bits per heavy atom. The number of morpholine rings is 1. The fourth-order valence-electron chi connectivity index (χ4n) is 1.86. The quantitative estimate of drug-likeness (QED) is 0.836. The summed E-state index contributed by atoms with van der Waals surface area (Å²) in [5.41, 5.74) is 6.70. The average Bonchev–Trinajstić information content (AvgIpc) is 2.73. The zero-order valence-corrected chi connectivity index (χ0v) is 11.0. The minimum absolute atomic E-state index is 0.541. The zero-order chi connectivity index (χ0) is 12.1. The van der Waals surface area contributed by atoms with E-state index in [0.29, 0.717) is 13.2 Å².